The van der Waals surface area contributed by atoms with E-state index in [9.17, 15) is 13.2 Å². The van der Waals surface area contributed by atoms with Crippen LogP contribution in [0.25, 0.3) is 11.0 Å². The fourth-order valence-electron chi connectivity index (χ4n) is 2.29. The van der Waals surface area contributed by atoms with Crippen molar-refractivity contribution in [2.24, 2.45) is 0 Å². The Morgan fingerprint density at radius 3 is 2.61 bits per heavy atom. The lowest BCUT2D eigenvalue weighted by molar-refractivity contribution is -0.141. The molecule has 1 aromatic carbocycles. The molecule has 2 aromatic heterocycles. The summed E-state index contributed by atoms with van der Waals surface area (Å²) in [4.78, 5) is 11.2. The highest BCUT2D eigenvalue weighted by Gasteiger charge is 2.32. The number of aromatic amines is 1. The highest BCUT2D eigenvalue weighted by atomic mass is 19.4. The number of fused-ring (bicyclic) bond motifs is 1. The van der Waals surface area contributed by atoms with Crippen molar-refractivity contribution in [1.29, 1.82) is 0 Å². The zero-order valence-corrected chi connectivity index (χ0v) is 12.2. The van der Waals surface area contributed by atoms with Crippen LogP contribution >= 0.6 is 0 Å². The number of hydrogen-bond acceptors (Lipinski definition) is 3. The fourth-order valence-corrected chi connectivity index (χ4v) is 2.29. The number of pyridine rings is 1. The van der Waals surface area contributed by atoms with E-state index in [1.807, 2.05) is 24.3 Å². The molecule has 0 fully saturated rings. The predicted octanol–water partition coefficient (Wildman–Crippen LogP) is 4.02. The molecule has 2 N–H and O–H groups in total. The van der Waals surface area contributed by atoms with Crippen molar-refractivity contribution in [3.63, 3.8) is 0 Å². The standard InChI is InChI=1S/C16H15F3N4/c17-16(18,19)13-7-3-8-14(23-13)20-10-4-9-15-21-11-5-1-2-6-12(11)22-15/h1-3,5-8H,4,9-10H2,(H,20,23)(H,21,22). The van der Waals surface area contributed by atoms with Crippen LogP contribution in [0.4, 0.5) is 19.0 Å². The van der Waals surface area contributed by atoms with Crippen LogP contribution in [0.15, 0.2) is 42.5 Å². The van der Waals surface area contributed by atoms with Crippen LogP contribution in [-0.2, 0) is 12.6 Å². The van der Waals surface area contributed by atoms with Gasteiger partial charge in [-0.25, -0.2) is 9.97 Å². The van der Waals surface area contributed by atoms with E-state index < -0.39 is 11.9 Å². The average Bonchev–Trinajstić information content (AvgIpc) is 2.94. The molecule has 0 unspecified atom stereocenters. The molecule has 0 spiro atoms. The van der Waals surface area contributed by atoms with Crippen molar-refractivity contribution in [3.05, 3.63) is 54.0 Å². The first kappa shape index (κ1) is 15.3. The molecule has 2 heterocycles. The molecule has 0 aliphatic carbocycles. The minimum Gasteiger partial charge on any atom is -0.370 e. The summed E-state index contributed by atoms with van der Waals surface area (Å²) in [5.74, 6) is 1.09. The van der Waals surface area contributed by atoms with E-state index in [1.165, 1.54) is 12.1 Å². The second-order valence-electron chi connectivity index (χ2n) is 5.14. The molecule has 120 valence electrons. The van der Waals surface area contributed by atoms with E-state index in [-0.39, 0.29) is 5.82 Å². The lowest BCUT2D eigenvalue weighted by Crippen LogP contribution is -2.11. The molecule has 0 aliphatic heterocycles. The van der Waals surface area contributed by atoms with Gasteiger partial charge < -0.3 is 10.3 Å². The molecule has 0 atom stereocenters. The Balaban J connectivity index is 1.53. The molecule has 3 aromatic rings. The van der Waals surface area contributed by atoms with Crippen molar-refractivity contribution >= 4 is 16.9 Å². The first-order chi connectivity index (χ1) is 11.0. The van der Waals surface area contributed by atoms with Crippen LogP contribution in [0.3, 0.4) is 0 Å². The number of para-hydroxylation sites is 2. The Kier molecular flexibility index (Phi) is 4.18. The van der Waals surface area contributed by atoms with Gasteiger partial charge in [-0.1, -0.05) is 18.2 Å². The zero-order chi connectivity index (χ0) is 16.3. The summed E-state index contributed by atoms with van der Waals surface area (Å²) in [5.41, 5.74) is 1.00. The molecular weight excluding hydrogens is 305 g/mol. The summed E-state index contributed by atoms with van der Waals surface area (Å²) in [6.07, 6.45) is -2.98. The maximum Gasteiger partial charge on any atom is 0.433 e. The molecule has 0 amide bonds. The SMILES string of the molecule is FC(F)(F)c1cccc(NCCCc2nc3ccccc3[nH]2)n1. The Labute approximate surface area is 130 Å². The summed E-state index contributed by atoms with van der Waals surface area (Å²) >= 11 is 0. The largest absolute Gasteiger partial charge is 0.433 e. The molecule has 4 nitrogen and oxygen atoms in total. The quantitative estimate of drug-likeness (QED) is 0.698. The topological polar surface area (TPSA) is 53.6 Å². The Morgan fingerprint density at radius 1 is 1.00 bits per heavy atom. The Morgan fingerprint density at radius 2 is 1.83 bits per heavy atom. The smallest absolute Gasteiger partial charge is 0.370 e. The molecule has 0 bridgehead atoms. The van der Waals surface area contributed by atoms with Crippen molar-refractivity contribution in [2.45, 2.75) is 19.0 Å². The van der Waals surface area contributed by atoms with Gasteiger partial charge in [0, 0.05) is 13.0 Å². The molecule has 0 aliphatic rings. The summed E-state index contributed by atoms with van der Waals surface area (Å²) in [7, 11) is 0. The highest BCUT2D eigenvalue weighted by molar-refractivity contribution is 5.74. The second-order valence-corrected chi connectivity index (χ2v) is 5.14. The summed E-state index contributed by atoms with van der Waals surface area (Å²) in [5, 5.41) is 2.91. The van der Waals surface area contributed by atoms with Crippen LogP contribution in [-0.4, -0.2) is 21.5 Å². The lowest BCUT2D eigenvalue weighted by Gasteiger charge is -2.09. The molecule has 0 saturated carbocycles. The van der Waals surface area contributed by atoms with Gasteiger partial charge in [-0.2, -0.15) is 13.2 Å². The van der Waals surface area contributed by atoms with Gasteiger partial charge >= 0.3 is 6.18 Å². The van der Waals surface area contributed by atoms with E-state index in [1.54, 1.807) is 0 Å². The Hall–Kier alpha value is -2.57. The minimum absolute atomic E-state index is 0.226. The van der Waals surface area contributed by atoms with Gasteiger partial charge in [0.05, 0.1) is 11.0 Å². The summed E-state index contributed by atoms with van der Waals surface area (Å²) in [6.45, 7) is 0.519. The molecule has 0 saturated heterocycles. The molecule has 7 heteroatoms. The van der Waals surface area contributed by atoms with Crippen molar-refractivity contribution in [1.82, 2.24) is 15.0 Å². The van der Waals surface area contributed by atoms with Gasteiger partial charge in [-0.3, -0.25) is 0 Å². The highest BCUT2D eigenvalue weighted by Crippen LogP contribution is 2.28. The zero-order valence-electron chi connectivity index (χ0n) is 12.2. The van der Waals surface area contributed by atoms with Crippen LogP contribution < -0.4 is 5.32 Å². The fraction of sp³-hybridized carbons (Fsp3) is 0.250. The van der Waals surface area contributed by atoms with Gasteiger partial charge in [0.1, 0.15) is 17.3 Å². The van der Waals surface area contributed by atoms with Crippen molar-refractivity contribution in [3.8, 4) is 0 Å². The summed E-state index contributed by atoms with van der Waals surface area (Å²) < 4.78 is 37.7. The normalized spacial score (nSPS) is 11.8. The van der Waals surface area contributed by atoms with E-state index in [2.05, 4.69) is 20.3 Å². The predicted molar refractivity (Wildman–Crippen MR) is 82.1 cm³/mol. The number of alkyl halides is 3. The minimum atomic E-state index is -4.42. The van der Waals surface area contributed by atoms with Crippen LogP contribution in [0, 0.1) is 0 Å². The van der Waals surface area contributed by atoms with Gasteiger partial charge in [0.25, 0.3) is 0 Å². The van der Waals surface area contributed by atoms with E-state index in [0.717, 1.165) is 29.3 Å². The number of H-pyrrole nitrogens is 1. The average molecular weight is 320 g/mol. The maximum atomic E-state index is 12.6. The number of aryl methyl sites for hydroxylation is 1. The number of anilines is 1. The van der Waals surface area contributed by atoms with Gasteiger partial charge in [0.2, 0.25) is 0 Å². The number of hydrogen-bond donors (Lipinski definition) is 2. The number of benzene rings is 1. The number of nitrogens with zero attached hydrogens (tertiary/aromatic N) is 2. The van der Waals surface area contributed by atoms with Crippen LogP contribution in [0.1, 0.15) is 17.9 Å². The van der Waals surface area contributed by atoms with Crippen molar-refractivity contribution in [2.75, 3.05) is 11.9 Å². The molecular formula is C16H15F3N4. The monoisotopic (exact) mass is 320 g/mol. The van der Waals surface area contributed by atoms with Crippen LogP contribution in [0.5, 0.6) is 0 Å². The number of rotatable bonds is 5. The number of aromatic nitrogens is 3. The number of nitrogens with one attached hydrogen (secondary N) is 2. The van der Waals surface area contributed by atoms with Crippen LogP contribution in [0.2, 0.25) is 0 Å². The second kappa shape index (κ2) is 6.28. The summed E-state index contributed by atoms with van der Waals surface area (Å²) in [6, 6.07) is 11.6. The lowest BCUT2D eigenvalue weighted by atomic mass is 10.3. The molecule has 23 heavy (non-hydrogen) atoms. The third kappa shape index (κ3) is 3.80. The first-order valence-electron chi connectivity index (χ1n) is 7.24. The first-order valence-corrected chi connectivity index (χ1v) is 7.24. The molecule has 0 radical (unpaired) electrons. The van der Waals surface area contributed by atoms with Gasteiger partial charge in [-0.05, 0) is 30.7 Å². The Bertz CT molecular complexity index is 762. The van der Waals surface area contributed by atoms with E-state index >= 15 is 0 Å². The number of halogens is 3. The maximum absolute atomic E-state index is 12.6. The molecule has 3 rings (SSSR count). The van der Waals surface area contributed by atoms with Crippen molar-refractivity contribution < 1.29 is 13.2 Å². The third-order valence-electron chi connectivity index (χ3n) is 3.37. The van der Waals surface area contributed by atoms with Gasteiger partial charge in [0.15, 0.2) is 0 Å². The van der Waals surface area contributed by atoms with Gasteiger partial charge in [-0.15, -0.1) is 0 Å². The van der Waals surface area contributed by atoms with E-state index in [0.29, 0.717) is 13.0 Å². The van der Waals surface area contributed by atoms with E-state index in [4.69, 9.17) is 0 Å². The third-order valence-corrected chi connectivity index (χ3v) is 3.37. The number of imidazole rings is 1.